The van der Waals surface area contributed by atoms with Crippen molar-refractivity contribution in [3.05, 3.63) is 36.5 Å². The molecule has 30 heavy (non-hydrogen) atoms. The van der Waals surface area contributed by atoms with Gasteiger partial charge in [-0.3, -0.25) is 10.1 Å². The quantitative estimate of drug-likeness (QED) is 0.534. The van der Waals surface area contributed by atoms with E-state index in [4.69, 9.17) is 14.7 Å². The highest BCUT2D eigenvalue weighted by Crippen LogP contribution is 2.38. The molecule has 1 aliphatic rings. The number of nitrogens with one attached hydrogen (secondary N) is 3. The van der Waals surface area contributed by atoms with Gasteiger partial charge in [-0.1, -0.05) is 0 Å². The van der Waals surface area contributed by atoms with Gasteiger partial charge in [0.2, 0.25) is 0 Å². The number of hydrogen-bond donors (Lipinski definition) is 3. The highest BCUT2D eigenvalue weighted by Gasteiger charge is 2.35. The lowest BCUT2D eigenvalue weighted by molar-refractivity contribution is 0.103. The number of ether oxygens (including phenoxy) is 2. The Bertz CT molecular complexity index is 1060. The van der Waals surface area contributed by atoms with Gasteiger partial charge in [0.05, 0.1) is 43.2 Å². The minimum absolute atomic E-state index is 0.0953. The normalized spacial score (nSPS) is 18.0. The average Bonchev–Trinajstić information content (AvgIpc) is 3.42. The van der Waals surface area contributed by atoms with Gasteiger partial charge in [0, 0.05) is 12.6 Å². The first-order chi connectivity index (χ1) is 14.6. The Morgan fingerprint density at radius 1 is 1.23 bits per heavy atom. The van der Waals surface area contributed by atoms with Crippen molar-refractivity contribution in [2.45, 2.75) is 12.1 Å². The number of aromatic nitrogens is 5. The molecular formula is C19H19FN8O2. The number of nitrogens with zero attached hydrogens (tertiary/aromatic N) is 5. The summed E-state index contributed by atoms with van der Waals surface area (Å²) in [6, 6.07) is 3.64. The third-order valence-corrected chi connectivity index (χ3v) is 4.64. The largest absolute Gasteiger partial charge is 0.494 e. The van der Waals surface area contributed by atoms with E-state index < -0.39 is 5.67 Å². The Morgan fingerprint density at radius 3 is 2.80 bits per heavy atom. The Labute approximate surface area is 171 Å². The van der Waals surface area contributed by atoms with E-state index in [1.807, 2.05) is 6.07 Å². The van der Waals surface area contributed by atoms with Crippen molar-refractivity contribution in [2.24, 2.45) is 0 Å². The van der Waals surface area contributed by atoms with Gasteiger partial charge in [-0.15, -0.1) is 0 Å². The third kappa shape index (κ3) is 4.13. The molecule has 0 amide bonds. The molecule has 0 spiro atoms. The van der Waals surface area contributed by atoms with Gasteiger partial charge in [0.15, 0.2) is 22.9 Å². The highest BCUT2D eigenvalue weighted by atomic mass is 19.1. The van der Waals surface area contributed by atoms with E-state index in [1.54, 1.807) is 12.3 Å². The van der Waals surface area contributed by atoms with Crippen LogP contribution in [0.3, 0.4) is 0 Å². The number of pyridine rings is 1. The first-order valence-electron chi connectivity index (χ1n) is 9.19. The standard InChI is InChI=1S/C19H19FN8O2/c1-29-14-7-23-8-15(30-11-19(20)2-3-22-10-19)18(14)13-4-16(28-27-13)26-17-9-24-12(5-21)6-25-17/h4,6-9,22H,2-3,10-11H2,1H3,(H2,25,26,27,28). The maximum Gasteiger partial charge on any atom is 0.158 e. The number of anilines is 2. The smallest absolute Gasteiger partial charge is 0.158 e. The van der Waals surface area contributed by atoms with E-state index in [9.17, 15) is 4.39 Å². The number of nitriles is 1. The fourth-order valence-electron chi connectivity index (χ4n) is 3.09. The van der Waals surface area contributed by atoms with Crippen LogP contribution >= 0.6 is 0 Å². The summed E-state index contributed by atoms with van der Waals surface area (Å²) in [5.41, 5.74) is -0.0380. The van der Waals surface area contributed by atoms with Crippen LogP contribution in [0.5, 0.6) is 11.5 Å². The molecule has 0 aliphatic carbocycles. The SMILES string of the molecule is COc1cncc(OCC2(F)CCNC2)c1-c1cc(Nc2cnc(C#N)cn2)n[nH]1. The Morgan fingerprint density at radius 2 is 2.10 bits per heavy atom. The van der Waals surface area contributed by atoms with Crippen LogP contribution in [0.25, 0.3) is 11.3 Å². The zero-order valence-electron chi connectivity index (χ0n) is 16.1. The number of alkyl halides is 1. The Hall–Kier alpha value is -3.78. The molecule has 1 fully saturated rings. The summed E-state index contributed by atoms with van der Waals surface area (Å²) < 4.78 is 25.9. The summed E-state index contributed by atoms with van der Waals surface area (Å²) in [4.78, 5) is 12.2. The number of H-pyrrole nitrogens is 1. The van der Waals surface area contributed by atoms with Crippen LogP contribution in [0.4, 0.5) is 16.0 Å². The molecule has 4 rings (SSSR count). The zero-order chi connectivity index (χ0) is 21.0. The predicted molar refractivity (Wildman–Crippen MR) is 105 cm³/mol. The summed E-state index contributed by atoms with van der Waals surface area (Å²) >= 11 is 0. The summed E-state index contributed by atoms with van der Waals surface area (Å²) in [5, 5.41) is 21.9. The van der Waals surface area contributed by atoms with Crippen LogP contribution in [0.15, 0.2) is 30.9 Å². The van der Waals surface area contributed by atoms with Crippen molar-refractivity contribution in [1.29, 1.82) is 5.26 Å². The summed E-state index contributed by atoms with van der Waals surface area (Å²) in [6.45, 7) is 0.780. The van der Waals surface area contributed by atoms with E-state index in [1.165, 1.54) is 25.7 Å². The Balaban J connectivity index is 1.57. The lowest BCUT2D eigenvalue weighted by Crippen LogP contribution is -2.33. The highest BCUT2D eigenvalue weighted by molar-refractivity contribution is 5.75. The van der Waals surface area contributed by atoms with E-state index in [-0.39, 0.29) is 18.8 Å². The van der Waals surface area contributed by atoms with E-state index in [2.05, 4.69) is 35.8 Å². The number of rotatable bonds is 7. The average molecular weight is 410 g/mol. The maximum atomic E-state index is 14.7. The summed E-state index contributed by atoms with van der Waals surface area (Å²) in [5.74, 6) is 1.74. The topological polar surface area (TPSA) is 134 Å². The number of aromatic amines is 1. The van der Waals surface area contributed by atoms with Gasteiger partial charge < -0.3 is 20.1 Å². The van der Waals surface area contributed by atoms with Crippen molar-refractivity contribution in [1.82, 2.24) is 30.5 Å². The third-order valence-electron chi connectivity index (χ3n) is 4.64. The van der Waals surface area contributed by atoms with E-state index >= 15 is 0 Å². The molecule has 10 nitrogen and oxygen atoms in total. The van der Waals surface area contributed by atoms with Gasteiger partial charge in [0.25, 0.3) is 0 Å². The van der Waals surface area contributed by atoms with Crippen LogP contribution < -0.4 is 20.1 Å². The Kier molecular flexibility index (Phi) is 5.40. The maximum absolute atomic E-state index is 14.7. The molecule has 0 saturated carbocycles. The minimum Gasteiger partial charge on any atom is -0.494 e. The van der Waals surface area contributed by atoms with Crippen LogP contribution in [0, 0.1) is 11.3 Å². The fraction of sp³-hybridized carbons (Fsp3) is 0.316. The second-order valence-electron chi connectivity index (χ2n) is 6.77. The van der Waals surface area contributed by atoms with Crippen LogP contribution in [0.2, 0.25) is 0 Å². The van der Waals surface area contributed by atoms with Crippen molar-refractivity contribution >= 4 is 11.6 Å². The molecule has 0 aromatic carbocycles. The van der Waals surface area contributed by atoms with Crippen molar-refractivity contribution < 1.29 is 13.9 Å². The molecule has 3 aromatic rings. The fourth-order valence-corrected chi connectivity index (χ4v) is 3.09. The first kappa shape index (κ1) is 19.5. The van der Waals surface area contributed by atoms with Crippen LogP contribution in [0.1, 0.15) is 12.1 Å². The first-order valence-corrected chi connectivity index (χ1v) is 9.19. The lowest BCUT2D eigenvalue weighted by atomic mass is 10.1. The number of hydrogen-bond acceptors (Lipinski definition) is 9. The molecule has 1 unspecified atom stereocenters. The van der Waals surface area contributed by atoms with Crippen LogP contribution in [-0.2, 0) is 0 Å². The van der Waals surface area contributed by atoms with Gasteiger partial charge in [0.1, 0.15) is 24.2 Å². The second kappa shape index (κ2) is 8.30. The summed E-state index contributed by atoms with van der Waals surface area (Å²) in [7, 11) is 1.52. The van der Waals surface area contributed by atoms with Crippen molar-refractivity contribution in [3.8, 4) is 28.8 Å². The molecule has 11 heteroatoms. The molecule has 1 aliphatic heterocycles. The second-order valence-corrected chi connectivity index (χ2v) is 6.77. The molecule has 3 N–H and O–H groups in total. The van der Waals surface area contributed by atoms with Crippen molar-refractivity contribution in [2.75, 3.05) is 32.1 Å². The molecule has 4 heterocycles. The molecule has 3 aromatic heterocycles. The van der Waals surface area contributed by atoms with E-state index in [0.717, 1.165) is 0 Å². The lowest BCUT2D eigenvalue weighted by Gasteiger charge is -2.20. The van der Waals surface area contributed by atoms with Gasteiger partial charge in [-0.05, 0) is 13.0 Å². The predicted octanol–water partition coefficient (Wildman–Crippen LogP) is 1.97. The van der Waals surface area contributed by atoms with Crippen molar-refractivity contribution in [3.63, 3.8) is 0 Å². The molecule has 1 atom stereocenters. The molecule has 1 saturated heterocycles. The molecule has 0 bridgehead atoms. The van der Waals surface area contributed by atoms with E-state index in [0.29, 0.717) is 47.4 Å². The monoisotopic (exact) mass is 410 g/mol. The molecule has 0 radical (unpaired) electrons. The summed E-state index contributed by atoms with van der Waals surface area (Å²) in [6.07, 6.45) is 6.25. The minimum atomic E-state index is -1.42. The number of halogens is 1. The zero-order valence-corrected chi connectivity index (χ0v) is 16.1. The van der Waals surface area contributed by atoms with Gasteiger partial charge >= 0.3 is 0 Å². The molecular weight excluding hydrogens is 391 g/mol. The van der Waals surface area contributed by atoms with Crippen LogP contribution in [-0.4, -0.2) is 57.6 Å². The van der Waals surface area contributed by atoms with Gasteiger partial charge in [-0.25, -0.2) is 14.4 Å². The van der Waals surface area contributed by atoms with Gasteiger partial charge in [-0.2, -0.15) is 10.4 Å². The molecule has 154 valence electrons. The number of methoxy groups -OCH3 is 1.